The molecule has 0 saturated heterocycles. The quantitative estimate of drug-likeness (QED) is 0.913. The molecule has 0 bridgehead atoms. The number of hydrogen-bond donors (Lipinski definition) is 1. The summed E-state index contributed by atoms with van der Waals surface area (Å²) in [4.78, 5) is 1.27. The number of nitrogen functional groups attached to an aromatic ring is 1. The zero-order chi connectivity index (χ0) is 10.1. The smallest absolute Gasteiger partial charge is 0.145 e. The second kappa shape index (κ2) is 3.74. The van der Waals surface area contributed by atoms with Crippen molar-refractivity contribution in [2.75, 3.05) is 5.73 Å². The van der Waals surface area contributed by atoms with E-state index in [1.807, 2.05) is 17.7 Å². The highest BCUT2D eigenvalue weighted by molar-refractivity contribution is 9.10. The van der Waals surface area contributed by atoms with Crippen molar-refractivity contribution in [3.05, 3.63) is 32.6 Å². The normalized spacial score (nSPS) is 10.7. The molecule has 3 nitrogen and oxygen atoms in total. The van der Waals surface area contributed by atoms with Crippen molar-refractivity contribution >= 4 is 33.1 Å². The molecule has 0 spiro atoms. The number of aromatic nitrogens is 2. The Kier molecular flexibility index (Phi) is 2.60. The largest absolute Gasteiger partial charge is 0.382 e. The van der Waals surface area contributed by atoms with Gasteiger partial charge in [0.25, 0.3) is 0 Å². The molecule has 0 fully saturated rings. The van der Waals surface area contributed by atoms with Crippen molar-refractivity contribution in [3.8, 4) is 0 Å². The lowest BCUT2D eigenvalue weighted by Gasteiger charge is -2.00. The van der Waals surface area contributed by atoms with E-state index in [1.165, 1.54) is 4.88 Å². The van der Waals surface area contributed by atoms with Crippen LogP contribution in [-0.4, -0.2) is 9.78 Å². The molecule has 0 atom stereocenters. The summed E-state index contributed by atoms with van der Waals surface area (Å²) >= 11 is 5.14. The fourth-order valence-electron chi connectivity index (χ4n) is 1.28. The molecule has 2 rings (SSSR count). The third kappa shape index (κ3) is 1.99. The van der Waals surface area contributed by atoms with E-state index in [1.54, 1.807) is 11.3 Å². The van der Waals surface area contributed by atoms with Crippen molar-refractivity contribution in [2.45, 2.75) is 13.5 Å². The van der Waals surface area contributed by atoms with Gasteiger partial charge in [-0.05, 0) is 28.9 Å². The number of rotatable bonds is 2. The molecule has 0 aliphatic carbocycles. The molecule has 14 heavy (non-hydrogen) atoms. The first kappa shape index (κ1) is 9.73. The van der Waals surface area contributed by atoms with Gasteiger partial charge in [0.2, 0.25) is 0 Å². The molecular weight excluding hydrogens is 262 g/mol. The number of halogens is 1. The summed E-state index contributed by atoms with van der Waals surface area (Å²) in [7, 11) is 0. The van der Waals surface area contributed by atoms with Crippen molar-refractivity contribution in [1.29, 1.82) is 0 Å². The Balaban J connectivity index is 2.22. The topological polar surface area (TPSA) is 43.8 Å². The van der Waals surface area contributed by atoms with Crippen LogP contribution in [0.2, 0.25) is 0 Å². The molecule has 0 aromatic carbocycles. The van der Waals surface area contributed by atoms with Gasteiger partial charge in [0.05, 0.1) is 6.54 Å². The summed E-state index contributed by atoms with van der Waals surface area (Å²) in [6.07, 6.45) is 0. The van der Waals surface area contributed by atoms with Gasteiger partial charge in [-0.25, -0.2) is 0 Å². The molecular formula is C9H10BrN3S. The van der Waals surface area contributed by atoms with Crippen molar-refractivity contribution in [2.24, 2.45) is 0 Å². The molecule has 0 aliphatic heterocycles. The van der Waals surface area contributed by atoms with Gasteiger partial charge in [-0.3, -0.25) is 4.68 Å². The Bertz CT molecular complexity index is 447. The van der Waals surface area contributed by atoms with Gasteiger partial charge >= 0.3 is 0 Å². The van der Waals surface area contributed by atoms with Crippen LogP contribution in [0, 0.1) is 6.92 Å². The van der Waals surface area contributed by atoms with Crippen LogP contribution < -0.4 is 5.73 Å². The first-order valence-electron chi connectivity index (χ1n) is 4.18. The molecule has 2 aromatic heterocycles. The monoisotopic (exact) mass is 271 g/mol. The van der Waals surface area contributed by atoms with Gasteiger partial charge in [0.1, 0.15) is 5.82 Å². The van der Waals surface area contributed by atoms with Crippen molar-refractivity contribution in [1.82, 2.24) is 9.78 Å². The van der Waals surface area contributed by atoms with E-state index in [9.17, 15) is 0 Å². The van der Waals surface area contributed by atoms with Crippen LogP contribution in [0.3, 0.4) is 0 Å². The van der Waals surface area contributed by atoms with Crippen LogP contribution in [0.4, 0.5) is 5.82 Å². The Morgan fingerprint density at radius 1 is 1.57 bits per heavy atom. The molecule has 2 N–H and O–H groups in total. The average molecular weight is 272 g/mol. The van der Waals surface area contributed by atoms with Crippen LogP contribution in [0.1, 0.15) is 10.6 Å². The summed E-state index contributed by atoms with van der Waals surface area (Å²) in [5.41, 5.74) is 6.69. The maximum Gasteiger partial charge on any atom is 0.145 e. The zero-order valence-electron chi connectivity index (χ0n) is 7.70. The minimum absolute atomic E-state index is 0.582. The molecule has 0 aliphatic rings. The number of nitrogens with two attached hydrogens (primary N) is 1. The first-order chi connectivity index (χ1) is 6.65. The minimum atomic E-state index is 0.582. The Morgan fingerprint density at radius 2 is 2.36 bits per heavy atom. The number of nitrogens with zero attached hydrogens (tertiary/aromatic N) is 2. The van der Waals surface area contributed by atoms with Gasteiger partial charge in [0, 0.05) is 26.5 Å². The Morgan fingerprint density at radius 3 is 2.86 bits per heavy atom. The predicted octanol–water partition coefficient (Wildman–Crippen LogP) is 2.65. The molecule has 0 saturated carbocycles. The van der Waals surface area contributed by atoms with Crippen LogP contribution in [0.15, 0.2) is 22.0 Å². The van der Waals surface area contributed by atoms with Gasteiger partial charge in [0.15, 0.2) is 0 Å². The van der Waals surface area contributed by atoms with E-state index in [4.69, 9.17) is 5.73 Å². The summed E-state index contributed by atoms with van der Waals surface area (Å²) in [6, 6.07) is 3.98. The van der Waals surface area contributed by atoms with Crippen molar-refractivity contribution < 1.29 is 0 Å². The predicted molar refractivity (Wildman–Crippen MR) is 62.5 cm³/mol. The van der Waals surface area contributed by atoms with Gasteiger partial charge in [-0.2, -0.15) is 5.10 Å². The third-order valence-electron chi connectivity index (χ3n) is 1.93. The number of anilines is 1. The fraction of sp³-hybridized carbons (Fsp3) is 0.222. The number of thiophene rings is 1. The zero-order valence-corrected chi connectivity index (χ0v) is 10.1. The van der Waals surface area contributed by atoms with E-state index in [2.05, 4.69) is 32.5 Å². The van der Waals surface area contributed by atoms with E-state index in [0.29, 0.717) is 5.82 Å². The highest BCUT2D eigenvalue weighted by Crippen LogP contribution is 2.21. The molecule has 2 aromatic rings. The van der Waals surface area contributed by atoms with Gasteiger partial charge in [-0.1, -0.05) is 0 Å². The van der Waals surface area contributed by atoms with Crippen molar-refractivity contribution in [3.63, 3.8) is 0 Å². The fourth-order valence-corrected chi connectivity index (χ4v) is 2.71. The molecule has 74 valence electrons. The molecule has 2 heterocycles. The lowest BCUT2D eigenvalue weighted by molar-refractivity contribution is 0.675. The van der Waals surface area contributed by atoms with Crippen LogP contribution in [0.5, 0.6) is 0 Å². The van der Waals surface area contributed by atoms with E-state index in [0.717, 1.165) is 16.7 Å². The Hall–Kier alpha value is -0.810. The lowest BCUT2D eigenvalue weighted by atomic mass is 10.4. The SMILES string of the molecule is Cc1cc(N)nn1Cc1cc(Br)cs1. The molecule has 0 radical (unpaired) electrons. The summed E-state index contributed by atoms with van der Waals surface area (Å²) in [6.45, 7) is 2.80. The van der Waals surface area contributed by atoms with Gasteiger partial charge < -0.3 is 5.73 Å². The van der Waals surface area contributed by atoms with Crippen LogP contribution >= 0.6 is 27.3 Å². The van der Waals surface area contributed by atoms with E-state index >= 15 is 0 Å². The summed E-state index contributed by atoms with van der Waals surface area (Å²) in [5.74, 6) is 0.582. The maximum atomic E-state index is 5.60. The number of hydrogen-bond acceptors (Lipinski definition) is 3. The van der Waals surface area contributed by atoms with Crippen LogP contribution in [-0.2, 0) is 6.54 Å². The highest BCUT2D eigenvalue weighted by Gasteiger charge is 2.03. The summed E-state index contributed by atoms with van der Waals surface area (Å²) < 4.78 is 3.03. The standard InChI is InChI=1S/C9H10BrN3S/c1-6-2-9(11)12-13(6)4-8-3-7(10)5-14-8/h2-3,5H,4H2,1H3,(H2,11,12). The number of aryl methyl sites for hydroxylation is 1. The summed E-state index contributed by atoms with van der Waals surface area (Å²) in [5, 5.41) is 6.27. The Labute approximate surface area is 94.7 Å². The second-order valence-electron chi connectivity index (χ2n) is 3.10. The second-order valence-corrected chi connectivity index (χ2v) is 5.01. The molecule has 0 unspecified atom stereocenters. The first-order valence-corrected chi connectivity index (χ1v) is 5.85. The average Bonchev–Trinajstić information content (AvgIpc) is 2.61. The van der Waals surface area contributed by atoms with Crippen LogP contribution in [0.25, 0.3) is 0 Å². The lowest BCUT2D eigenvalue weighted by Crippen LogP contribution is -2.02. The molecule has 5 heteroatoms. The van der Waals surface area contributed by atoms with E-state index in [-0.39, 0.29) is 0 Å². The highest BCUT2D eigenvalue weighted by atomic mass is 79.9. The minimum Gasteiger partial charge on any atom is -0.382 e. The maximum absolute atomic E-state index is 5.60. The van der Waals surface area contributed by atoms with E-state index < -0.39 is 0 Å². The third-order valence-corrected chi connectivity index (χ3v) is 3.61. The molecule has 0 amide bonds. The van der Waals surface area contributed by atoms with Gasteiger partial charge in [-0.15, -0.1) is 11.3 Å².